The van der Waals surface area contributed by atoms with Gasteiger partial charge < -0.3 is 4.74 Å². The van der Waals surface area contributed by atoms with Crippen LogP contribution in [-0.4, -0.2) is 6.61 Å². The highest BCUT2D eigenvalue weighted by Crippen LogP contribution is 2.23. The Morgan fingerprint density at radius 3 is 2.67 bits per heavy atom. The van der Waals surface area contributed by atoms with Gasteiger partial charge in [-0.25, -0.2) is 0 Å². The van der Waals surface area contributed by atoms with Gasteiger partial charge in [-0.15, -0.1) is 0 Å². The molecular formula is C11H18O. The van der Waals surface area contributed by atoms with E-state index in [1.807, 2.05) is 6.92 Å². The summed E-state index contributed by atoms with van der Waals surface area (Å²) >= 11 is 0. The number of allylic oxidation sites excluding steroid dienone is 2. The summed E-state index contributed by atoms with van der Waals surface area (Å²) < 4.78 is 5.27. The van der Waals surface area contributed by atoms with Crippen molar-refractivity contribution in [2.45, 2.75) is 39.0 Å². The summed E-state index contributed by atoms with van der Waals surface area (Å²) in [5.74, 6) is 0.828. The smallest absolute Gasteiger partial charge is 0.112 e. The summed E-state index contributed by atoms with van der Waals surface area (Å²) in [5, 5.41) is 0. The monoisotopic (exact) mass is 166 g/mol. The van der Waals surface area contributed by atoms with E-state index in [1.165, 1.54) is 37.7 Å². The van der Waals surface area contributed by atoms with Gasteiger partial charge >= 0.3 is 0 Å². The average molecular weight is 166 g/mol. The Bertz CT molecular complexity index is 171. The van der Waals surface area contributed by atoms with Gasteiger partial charge in [0.05, 0.1) is 6.61 Å². The molecule has 0 spiro atoms. The molecule has 0 radical (unpaired) electrons. The Balaban J connectivity index is 2.37. The lowest BCUT2D eigenvalue weighted by Crippen LogP contribution is -1.95. The van der Waals surface area contributed by atoms with Crippen molar-refractivity contribution in [3.05, 3.63) is 24.0 Å². The summed E-state index contributed by atoms with van der Waals surface area (Å²) in [5.41, 5.74) is 1.51. The highest BCUT2D eigenvalue weighted by Gasteiger charge is 2.05. The fourth-order valence-corrected chi connectivity index (χ4v) is 1.60. The first-order valence-electron chi connectivity index (χ1n) is 4.84. The lowest BCUT2D eigenvalue weighted by Gasteiger charge is -2.13. The van der Waals surface area contributed by atoms with Gasteiger partial charge in [0.25, 0.3) is 0 Å². The normalized spacial score (nSPS) is 17.2. The molecule has 1 fully saturated rings. The summed E-state index contributed by atoms with van der Waals surface area (Å²) in [6, 6.07) is 0. The van der Waals surface area contributed by atoms with Crippen molar-refractivity contribution >= 4 is 0 Å². The van der Waals surface area contributed by atoms with Crippen LogP contribution in [0.25, 0.3) is 0 Å². The highest BCUT2D eigenvalue weighted by molar-refractivity contribution is 5.16. The van der Waals surface area contributed by atoms with Crippen molar-refractivity contribution in [1.29, 1.82) is 0 Å². The van der Waals surface area contributed by atoms with E-state index in [0.29, 0.717) is 0 Å². The molecule has 1 heteroatoms. The molecule has 12 heavy (non-hydrogen) atoms. The van der Waals surface area contributed by atoms with Crippen molar-refractivity contribution in [1.82, 2.24) is 0 Å². The molecule has 0 bridgehead atoms. The van der Waals surface area contributed by atoms with Crippen molar-refractivity contribution in [2.24, 2.45) is 0 Å². The molecule has 0 saturated heterocycles. The first kappa shape index (κ1) is 9.37. The van der Waals surface area contributed by atoms with E-state index in [2.05, 4.69) is 12.7 Å². The van der Waals surface area contributed by atoms with Gasteiger partial charge in [0.2, 0.25) is 0 Å². The number of rotatable bonds is 3. The molecule has 1 saturated carbocycles. The third-order valence-electron chi connectivity index (χ3n) is 2.19. The van der Waals surface area contributed by atoms with Crippen LogP contribution in [0.2, 0.25) is 0 Å². The molecule has 1 nitrogen and oxygen atoms in total. The Morgan fingerprint density at radius 2 is 2.08 bits per heavy atom. The lowest BCUT2D eigenvalue weighted by atomic mass is 9.94. The van der Waals surface area contributed by atoms with Crippen molar-refractivity contribution < 1.29 is 4.74 Å². The predicted octanol–water partition coefficient (Wildman–Crippen LogP) is 3.43. The van der Waals surface area contributed by atoms with E-state index in [1.54, 1.807) is 0 Å². The molecule has 0 atom stereocenters. The molecule has 0 N–H and O–H groups in total. The Labute approximate surface area is 75.1 Å². The number of hydrogen-bond acceptors (Lipinski definition) is 1. The second kappa shape index (κ2) is 5.02. The molecule has 0 heterocycles. The molecule has 0 unspecified atom stereocenters. The van der Waals surface area contributed by atoms with Crippen LogP contribution in [0.3, 0.4) is 0 Å². The van der Waals surface area contributed by atoms with Crippen LogP contribution >= 0.6 is 0 Å². The maximum Gasteiger partial charge on any atom is 0.112 e. The van der Waals surface area contributed by atoms with E-state index >= 15 is 0 Å². The minimum Gasteiger partial charge on any atom is -0.495 e. The minimum absolute atomic E-state index is 0.725. The molecular weight excluding hydrogens is 148 g/mol. The summed E-state index contributed by atoms with van der Waals surface area (Å²) in [6.45, 7) is 6.56. The number of hydrogen-bond donors (Lipinski definition) is 0. The first-order valence-corrected chi connectivity index (χ1v) is 4.84. The molecule has 0 aliphatic heterocycles. The highest BCUT2D eigenvalue weighted by atomic mass is 16.5. The molecule has 0 aromatic heterocycles. The maximum atomic E-state index is 5.27. The Hall–Kier alpha value is -0.720. The predicted molar refractivity (Wildman–Crippen MR) is 51.9 cm³/mol. The number of ether oxygens (including phenoxy) is 1. The third-order valence-corrected chi connectivity index (χ3v) is 2.19. The molecule has 0 amide bonds. The van der Waals surface area contributed by atoms with Crippen LogP contribution in [0.15, 0.2) is 24.0 Å². The Kier molecular flexibility index (Phi) is 3.92. The van der Waals surface area contributed by atoms with Crippen molar-refractivity contribution in [3.8, 4) is 0 Å². The van der Waals surface area contributed by atoms with Crippen molar-refractivity contribution in [2.75, 3.05) is 6.61 Å². The SMILES string of the molecule is C=C(C=C1CCCCC1)OCC. The fraction of sp³-hybridized carbons (Fsp3) is 0.636. The molecule has 1 rings (SSSR count). The molecule has 68 valence electrons. The molecule has 1 aliphatic rings. The van der Waals surface area contributed by atoms with Gasteiger partial charge in [-0.05, 0) is 38.7 Å². The zero-order chi connectivity index (χ0) is 8.81. The maximum absolute atomic E-state index is 5.27. The standard InChI is InChI=1S/C11H18O/c1-3-12-10(2)9-11-7-5-4-6-8-11/h9H,2-8H2,1H3. The third kappa shape index (κ3) is 3.12. The van der Waals surface area contributed by atoms with E-state index in [4.69, 9.17) is 4.74 Å². The minimum atomic E-state index is 0.725. The van der Waals surface area contributed by atoms with Crippen LogP contribution < -0.4 is 0 Å². The average Bonchev–Trinajstić information content (AvgIpc) is 2.06. The van der Waals surface area contributed by atoms with Crippen LogP contribution in [0, 0.1) is 0 Å². The van der Waals surface area contributed by atoms with E-state index < -0.39 is 0 Å². The van der Waals surface area contributed by atoms with Crippen LogP contribution in [0.1, 0.15) is 39.0 Å². The van der Waals surface area contributed by atoms with E-state index in [9.17, 15) is 0 Å². The molecule has 0 aromatic carbocycles. The topological polar surface area (TPSA) is 9.23 Å². The first-order chi connectivity index (χ1) is 5.83. The summed E-state index contributed by atoms with van der Waals surface area (Å²) in [4.78, 5) is 0. The van der Waals surface area contributed by atoms with Gasteiger partial charge in [0, 0.05) is 0 Å². The zero-order valence-electron chi connectivity index (χ0n) is 7.94. The van der Waals surface area contributed by atoms with E-state index in [-0.39, 0.29) is 0 Å². The van der Waals surface area contributed by atoms with Crippen LogP contribution in [0.4, 0.5) is 0 Å². The lowest BCUT2D eigenvalue weighted by molar-refractivity contribution is 0.243. The van der Waals surface area contributed by atoms with Crippen LogP contribution in [0.5, 0.6) is 0 Å². The van der Waals surface area contributed by atoms with Gasteiger partial charge in [0.1, 0.15) is 5.76 Å². The fourth-order valence-electron chi connectivity index (χ4n) is 1.60. The van der Waals surface area contributed by atoms with Crippen LogP contribution in [-0.2, 0) is 4.74 Å². The Morgan fingerprint density at radius 1 is 1.42 bits per heavy atom. The zero-order valence-corrected chi connectivity index (χ0v) is 7.94. The molecule has 1 aliphatic carbocycles. The van der Waals surface area contributed by atoms with Gasteiger partial charge in [0.15, 0.2) is 0 Å². The van der Waals surface area contributed by atoms with Gasteiger partial charge in [-0.1, -0.05) is 18.6 Å². The second-order valence-electron chi connectivity index (χ2n) is 3.26. The van der Waals surface area contributed by atoms with Gasteiger partial charge in [-0.2, -0.15) is 0 Å². The van der Waals surface area contributed by atoms with Crippen molar-refractivity contribution in [3.63, 3.8) is 0 Å². The second-order valence-corrected chi connectivity index (χ2v) is 3.26. The van der Waals surface area contributed by atoms with E-state index in [0.717, 1.165) is 12.4 Å². The summed E-state index contributed by atoms with van der Waals surface area (Å²) in [6.07, 6.45) is 8.66. The quantitative estimate of drug-likeness (QED) is 0.584. The van der Waals surface area contributed by atoms with Gasteiger partial charge in [-0.3, -0.25) is 0 Å². The largest absolute Gasteiger partial charge is 0.495 e. The summed E-state index contributed by atoms with van der Waals surface area (Å²) in [7, 11) is 0. The molecule has 0 aromatic rings.